The number of ketones is 1. The summed E-state index contributed by atoms with van der Waals surface area (Å²) in [5.41, 5.74) is 0.315. The Balaban J connectivity index is 2.84. The van der Waals surface area contributed by atoms with Crippen LogP contribution < -0.4 is 4.74 Å². The summed E-state index contributed by atoms with van der Waals surface area (Å²) in [7, 11) is 1.47. The van der Waals surface area contributed by atoms with Crippen LogP contribution in [-0.2, 0) is 0 Å². The molecule has 1 aromatic rings. The first-order valence-corrected chi connectivity index (χ1v) is 6.07. The average Bonchev–Trinajstić information content (AvgIpc) is 2.25. The molecule has 0 aromatic heterocycles. The Morgan fingerprint density at radius 1 is 1.50 bits per heavy atom. The summed E-state index contributed by atoms with van der Waals surface area (Å²) >= 11 is 1.53. The first-order valence-electron chi connectivity index (χ1n) is 5.03. The summed E-state index contributed by atoms with van der Waals surface area (Å²) in [6, 6.07) is 3.98. The van der Waals surface area contributed by atoms with E-state index in [4.69, 9.17) is 4.74 Å². The number of rotatable bonds is 5. The highest BCUT2D eigenvalue weighted by molar-refractivity contribution is 8.00. The standard InChI is InChI=1S/C12H15FO2S/c1-8(2)16-7-11(14)10-6-9(13)4-5-12(10)15-3/h4-6,8H,7H2,1-3H3. The van der Waals surface area contributed by atoms with Crippen molar-refractivity contribution in [3.8, 4) is 5.75 Å². The summed E-state index contributed by atoms with van der Waals surface area (Å²) in [6.07, 6.45) is 0. The van der Waals surface area contributed by atoms with Crippen molar-refractivity contribution in [1.29, 1.82) is 0 Å². The van der Waals surface area contributed by atoms with Gasteiger partial charge in [-0.25, -0.2) is 4.39 Å². The molecule has 0 saturated heterocycles. The Morgan fingerprint density at radius 2 is 2.19 bits per heavy atom. The largest absolute Gasteiger partial charge is 0.496 e. The molecule has 0 heterocycles. The van der Waals surface area contributed by atoms with Gasteiger partial charge in [0.05, 0.1) is 18.4 Å². The van der Waals surface area contributed by atoms with Gasteiger partial charge in [0.1, 0.15) is 11.6 Å². The fourth-order valence-electron chi connectivity index (χ4n) is 1.22. The van der Waals surface area contributed by atoms with Crippen molar-refractivity contribution in [1.82, 2.24) is 0 Å². The fourth-order valence-corrected chi connectivity index (χ4v) is 1.86. The normalized spacial score (nSPS) is 10.6. The van der Waals surface area contributed by atoms with Crippen LogP contribution in [0.3, 0.4) is 0 Å². The molecule has 1 rings (SSSR count). The van der Waals surface area contributed by atoms with Gasteiger partial charge >= 0.3 is 0 Å². The number of hydrogen-bond donors (Lipinski definition) is 0. The third-order valence-corrected chi connectivity index (χ3v) is 3.11. The maximum Gasteiger partial charge on any atom is 0.176 e. The highest BCUT2D eigenvalue weighted by atomic mass is 32.2. The van der Waals surface area contributed by atoms with Crippen molar-refractivity contribution >= 4 is 17.5 Å². The zero-order chi connectivity index (χ0) is 12.1. The topological polar surface area (TPSA) is 26.3 Å². The number of benzene rings is 1. The van der Waals surface area contributed by atoms with Crippen LogP contribution in [-0.4, -0.2) is 23.9 Å². The number of halogens is 1. The zero-order valence-corrected chi connectivity index (χ0v) is 10.4. The molecule has 0 aliphatic heterocycles. The summed E-state index contributed by atoms with van der Waals surface area (Å²) in [6.45, 7) is 4.03. The van der Waals surface area contributed by atoms with Crippen LogP contribution in [0.5, 0.6) is 5.75 Å². The Labute approximate surface area is 99.2 Å². The molecule has 0 N–H and O–H groups in total. The maximum atomic E-state index is 13.0. The Bertz CT molecular complexity index is 377. The van der Waals surface area contributed by atoms with E-state index in [1.54, 1.807) is 0 Å². The molecule has 0 unspecified atom stereocenters. The monoisotopic (exact) mass is 242 g/mol. The predicted molar refractivity (Wildman–Crippen MR) is 64.9 cm³/mol. The summed E-state index contributed by atoms with van der Waals surface area (Å²) in [4.78, 5) is 11.8. The quantitative estimate of drug-likeness (QED) is 0.742. The number of carbonyl (C=O) groups is 1. The van der Waals surface area contributed by atoms with E-state index in [-0.39, 0.29) is 5.78 Å². The van der Waals surface area contributed by atoms with Gasteiger partial charge in [-0.3, -0.25) is 4.79 Å². The van der Waals surface area contributed by atoms with E-state index >= 15 is 0 Å². The molecule has 0 radical (unpaired) electrons. The van der Waals surface area contributed by atoms with Gasteiger partial charge in [0.25, 0.3) is 0 Å². The van der Waals surface area contributed by atoms with E-state index in [0.29, 0.717) is 22.3 Å². The van der Waals surface area contributed by atoms with Crippen LogP contribution in [0.2, 0.25) is 0 Å². The zero-order valence-electron chi connectivity index (χ0n) is 9.62. The van der Waals surface area contributed by atoms with Crippen LogP contribution in [0, 0.1) is 5.82 Å². The number of methoxy groups -OCH3 is 1. The molecule has 0 aliphatic carbocycles. The third-order valence-electron chi connectivity index (χ3n) is 2.01. The van der Waals surface area contributed by atoms with Crippen molar-refractivity contribution in [3.05, 3.63) is 29.6 Å². The smallest absolute Gasteiger partial charge is 0.176 e. The average molecular weight is 242 g/mol. The van der Waals surface area contributed by atoms with Crippen molar-refractivity contribution < 1.29 is 13.9 Å². The number of thioether (sulfide) groups is 1. The first kappa shape index (κ1) is 13.0. The van der Waals surface area contributed by atoms with Gasteiger partial charge in [0, 0.05) is 0 Å². The minimum absolute atomic E-state index is 0.102. The molecular weight excluding hydrogens is 227 g/mol. The lowest BCUT2D eigenvalue weighted by Crippen LogP contribution is -2.07. The Hall–Kier alpha value is -1.03. The van der Waals surface area contributed by atoms with Gasteiger partial charge in [-0.15, -0.1) is 0 Å². The second-order valence-electron chi connectivity index (χ2n) is 3.63. The van der Waals surface area contributed by atoms with Crippen molar-refractivity contribution in [3.63, 3.8) is 0 Å². The van der Waals surface area contributed by atoms with Gasteiger partial charge in [-0.05, 0) is 23.4 Å². The summed E-state index contributed by atoms with van der Waals surface area (Å²) in [5, 5.41) is 0.378. The molecule has 16 heavy (non-hydrogen) atoms. The molecule has 1 aromatic carbocycles. The van der Waals surface area contributed by atoms with E-state index in [1.807, 2.05) is 13.8 Å². The van der Waals surface area contributed by atoms with Gasteiger partial charge < -0.3 is 4.74 Å². The molecule has 0 amide bonds. The minimum atomic E-state index is -0.418. The molecule has 4 heteroatoms. The fraction of sp³-hybridized carbons (Fsp3) is 0.417. The van der Waals surface area contributed by atoms with E-state index in [2.05, 4.69) is 0 Å². The van der Waals surface area contributed by atoms with Crippen molar-refractivity contribution in [2.75, 3.05) is 12.9 Å². The molecule has 88 valence electrons. The molecule has 0 saturated carbocycles. The highest BCUT2D eigenvalue weighted by Crippen LogP contribution is 2.22. The van der Waals surface area contributed by atoms with Crippen LogP contribution in [0.25, 0.3) is 0 Å². The molecular formula is C12H15FO2S. The summed E-state index contributed by atoms with van der Waals surface area (Å²) < 4.78 is 18.1. The van der Waals surface area contributed by atoms with Gasteiger partial charge in [-0.1, -0.05) is 13.8 Å². The SMILES string of the molecule is COc1ccc(F)cc1C(=O)CSC(C)C. The van der Waals surface area contributed by atoms with Crippen LogP contribution in [0.15, 0.2) is 18.2 Å². The molecule has 0 fully saturated rings. The van der Waals surface area contributed by atoms with Crippen molar-refractivity contribution in [2.45, 2.75) is 19.1 Å². The van der Waals surface area contributed by atoms with Crippen molar-refractivity contribution in [2.24, 2.45) is 0 Å². The number of hydrogen-bond acceptors (Lipinski definition) is 3. The van der Waals surface area contributed by atoms with E-state index in [9.17, 15) is 9.18 Å². The number of carbonyl (C=O) groups excluding carboxylic acids is 1. The van der Waals surface area contributed by atoms with E-state index in [0.717, 1.165) is 0 Å². The second kappa shape index (κ2) is 5.89. The van der Waals surface area contributed by atoms with Crippen LogP contribution in [0.4, 0.5) is 4.39 Å². The number of Topliss-reactive ketones (excluding diaryl/α,β-unsaturated/α-hetero) is 1. The lowest BCUT2D eigenvalue weighted by molar-refractivity contribution is 0.101. The van der Waals surface area contributed by atoms with Gasteiger partial charge in [0.15, 0.2) is 5.78 Å². The second-order valence-corrected chi connectivity index (χ2v) is 5.19. The van der Waals surface area contributed by atoms with Crippen LogP contribution in [0.1, 0.15) is 24.2 Å². The highest BCUT2D eigenvalue weighted by Gasteiger charge is 2.13. The van der Waals surface area contributed by atoms with Gasteiger partial charge in [0.2, 0.25) is 0 Å². The maximum absolute atomic E-state index is 13.0. The predicted octanol–water partition coefficient (Wildman–Crippen LogP) is 3.16. The van der Waals surface area contributed by atoms with Gasteiger partial charge in [-0.2, -0.15) is 11.8 Å². The molecule has 0 bridgehead atoms. The lowest BCUT2D eigenvalue weighted by atomic mass is 10.1. The molecule has 0 atom stereocenters. The Morgan fingerprint density at radius 3 is 2.75 bits per heavy atom. The molecule has 0 spiro atoms. The molecule has 0 aliphatic rings. The minimum Gasteiger partial charge on any atom is -0.496 e. The van der Waals surface area contributed by atoms with E-state index < -0.39 is 5.82 Å². The summed E-state index contributed by atoms with van der Waals surface area (Å²) in [5.74, 6) is 0.252. The lowest BCUT2D eigenvalue weighted by Gasteiger charge is -2.08. The first-order chi connectivity index (χ1) is 7.54. The number of ether oxygens (including phenoxy) is 1. The molecule has 2 nitrogen and oxygen atoms in total. The van der Waals surface area contributed by atoms with E-state index in [1.165, 1.54) is 37.1 Å². The third kappa shape index (κ3) is 3.52. The van der Waals surface area contributed by atoms with Crippen LogP contribution >= 0.6 is 11.8 Å². The Kier molecular flexibility index (Phi) is 4.80.